The van der Waals surface area contributed by atoms with Gasteiger partial charge in [0.1, 0.15) is 5.82 Å². The van der Waals surface area contributed by atoms with Crippen molar-refractivity contribution in [1.82, 2.24) is 9.66 Å². The summed E-state index contributed by atoms with van der Waals surface area (Å²) in [4.78, 5) is 40.4. The minimum Gasteiger partial charge on any atom is -0.474 e. The van der Waals surface area contributed by atoms with Crippen molar-refractivity contribution in [1.29, 1.82) is 0 Å². The van der Waals surface area contributed by atoms with Gasteiger partial charge in [-0.25, -0.2) is 9.78 Å². The van der Waals surface area contributed by atoms with Crippen LogP contribution in [0.15, 0.2) is 44.7 Å². The monoisotopic (exact) mass is 550 g/mol. The Hall–Kier alpha value is -3.31. The molecule has 34 heavy (non-hydrogen) atoms. The zero-order valence-corrected chi connectivity index (χ0v) is 20.8. The van der Waals surface area contributed by atoms with Gasteiger partial charge in [-0.05, 0) is 38.1 Å². The molecular formula is C22H20BrClN4O6. The molecular weight excluding hydrogens is 532 g/mol. The molecule has 3 aromatic rings. The number of aromatic nitrogens is 2. The lowest BCUT2D eigenvalue weighted by Crippen LogP contribution is -2.22. The zero-order valence-electron chi connectivity index (χ0n) is 18.4. The summed E-state index contributed by atoms with van der Waals surface area (Å²) in [5, 5.41) is 16.2. The smallest absolute Gasteiger partial charge is 0.344 e. The summed E-state index contributed by atoms with van der Waals surface area (Å²) in [6, 6.07) is 7.61. The fraction of sp³-hybridized carbons (Fsp3) is 0.273. The molecule has 2 aromatic carbocycles. The third-order valence-corrected chi connectivity index (χ3v) is 5.18. The highest BCUT2D eigenvalue weighted by atomic mass is 79.9. The fourth-order valence-corrected chi connectivity index (χ4v) is 3.66. The highest BCUT2D eigenvalue weighted by Crippen LogP contribution is 2.34. The van der Waals surface area contributed by atoms with Crippen LogP contribution in [0.5, 0.6) is 5.75 Å². The summed E-state index contributed by atoms with van der Waals surface area (Å²) >= 11 is 9.40. The average molecular weight is 552 g/mol. The van der Waals surface area contributed by atoms with Gasteiger partial charge in [-0.15, -0.1) is 0 Å². The zero-order chi connectivity index (χ0) is 25.0. The molecule has 0 bridgehead atoms. The van der Waals surface area contributed by atoms with Crippen LogP contribution in [-0.4, -0.2) is 39.5 Å². The lowest BCUT2D eigenvalue weighted by atomic mass is 10.2. The number of nitrogens with zero attached hydrogens (tertiary/aromatic N) is 4. The molecule has 1 aromatic heterocycles. The SMILES string of the molecule is CCc1nc2ccc(Br)cc2c(=O)n1N=Cc1cc(Cl)cc([N+](=O)[O-])c1OCC(=O)OC(C)C. The first-order chi connectivity index (χ1) is 16.1. The molecule has 178 valence electrons. The predicted molar refractivity (Wildman–Crippen MR) is 131 cm³/mol. The van der Waals surface area contributed by atoms with Crippen LogP contribution in [0.2, 0.25) is 5.02 Å². The summed E-state index contributed by atoms with van der Waals surface area (Å²) in [7, 11) is 0. The second-order valence-corrected chi connectivity index (χ2v) is 8.68. The number of aryl methyl sites for hydroxylation is 1. The third kappa shape index (κ3) is 5.78. The Bertz CT molecular complexity index is 1360. The van der Waals surface area contributed by atoms with E-state index in [0.29, 0.717) is 27.6 Å². The lowest BCUT2D eigenvalue weighted by molar-refractivity contribution is -0.385. The van der Waals surface area contributed by atoms with Crippen LogP contribution in [0.25, 0.3) is 10.9 Å². The molecule has 0 saturated carbocycles. The molecule has 0 N–H and O–H groups in total. The van der Waals surface area contributed by atoms with E-state index in [4.69, 9.17) is 21.1 Å². The average Bonchev–Trinajstić information content (AvgIpc) is 2.77. The minimum absolute atomic E-state index is 0.0499. The molecule has 0 fully saturated rings. The number of ether oxygens (including phenoxy) is 2. The third-order valence-electron chi connectivity index (χ3n) is 4.46. The van der Waals surface area contributed by atoms with Crippen LogP contribution in [0.1, 0.15) is 32.2 Å². The molecule has 12 heteroatoms. The molecule has 0 spiro atoms. The van der Waals surface area contributed by atoms with Crippen molar-refractivity contribution in [3.8, 4) is 5.75 Å². The Balaban J connectivity index is 2.10. The van der Waals surface area contributed by atoms with E-state index in [1.54, 1.807) is 32.0 Å². The molecule has 3 rings (SSSR count). The second kappa shape index (κ2) is 10.7. The number of benzene rings is 2. The Labute approximate surface area is 207 Å². The maximum atomic E-state index is 13.1. The minimum atomic E-state index is -0.698. The Morgan fingerprint density at radius 2 is 2.09 bits per heavy atom. The Kier molecular flexibility index (Phi) is 8.00. The van der Waals surface area contributed by atoms with Crippen molar-refractivity contribution < 1.29 is 19.2 Å². The summed E-state index contributed by atoms with van der Waals surface area (Å²) in [6.45, 7) is 4.59. The molecule has 0 unspecified atom stereocenters. The van der Waals surface area contributed by atoms with Crippen molar-refractivity contribution in [2.45, 2.75) is 33.3 Å². The quantitative estimate of drug-likeness (QED) is 0.175. The largest absolute Gasteiger partial charge is 0.474 e. The number of halogens is 2. The topological polar surface area (TPSA) is 126 Å². The maximum absolute atomic E-state index is 13.1. The highest BCUT2D eigenvalue weighted by Gasteiger charge is 2.22. The van der Waals surface area contributed by atoms with E-state index in [1.165, 1.54) is 12.3 Å². The molecule has 0 aliphatic carbocycles. The van der Waals surface area contributed by atoms with Gasteiger partial charge >= 0.3 is 11.7 Å². The summed E-state index contributed by atoms with van der Waals surface area (Å²) in [6.07, 6.45) is 1.23. The van der Waals surface area contributed by atoms with Gasteiger partial charge in [-0.2, -0.15) is 9.78 Å². The molecule has 0 saturated heterocycles. The number of hydrogen-bond acceptors (Lipinski definition) is 8. The van der Waals surface area contributed by atoms with E-state index in [0.717, 1.165) is 10.7 Å². The maximum Gasteiger partial charge on any atom is 0.344 e. The van der Waals surface area contributed by atoms with Crippen molar-refractivity contribution in [3.63, 3.8) is 0 Å². The number of fused-ring (bicyclic) bond motifs is 1. The predicted octanol–water partition coefficient (Wildman–Crippen LogP) is 4.50. The first-order valence-corrected chi connectivity index (χ1v) is 11.3. The van der Waals surface area contributed by atoms with Crippen LogP contribution in [0, 0.1) is 10.1 Å². The van der Waals surface area contributed by atoms with Crippen molar-refractivity contribution in [2.24, 2.45) is 5.10 Å². The van der Waals surface area contributed by atoms with Gasteiger partial charge in [0.25, 0.3) is 5.56 Å². The molecule has 0 amide bonds. The molecule has 0 radical (unpaired) electrons. The normalized spacial score (nSPS) is 11.4. The number of esters is 1. The molecule has 1 heterocycles. The summed E-state index contributed by atoms with van der Waals surface area (Å²) in [5.74, 6) is -0.548. The van der Waals surface area contributed by atoms with Crippen LogP contribution in [-0.2, 0) is 16.0 Å². The van der Waals surface area contributed by atoms with Crippen LogP contribution in [0.3, 0.4) is 0 Å². The van der Waals surface area contributed by atoms with E-state index in [2.05, 4.69) is 26.0 Å². The fourth-order valence-electron chi connectivity index (χ4n) is 3.08. The van der Waals surface area contributed by atoms with E-state index in [1.807, 2.05) is 6.92 Å². The number of carbonyl (C=O) groups is 1. The van der Waals surface area contributed by atoms with E-state index in [-0.39, 0.29) is 22.4 Å². The van der Waals surface area contributed by atoms with Crippen molar-refractivity contribution in [2.75, 3.05) is 6.61 Å². The van der Waals surface area contributed by atoms with Gasteiger partial charge in [0.15, 0.2) is 6.61 Å². The Morgan fingerprint density at radius 1 is 1.35 bits per heavy atom. The Morgan fingerprint density at radius 3 is 2.74 bits per heavy atom. The van der Waals surface area contributed by atoms with Crippen molar-refractivity contribution in [3.05, 3.63) is 71.7 Å². The van der Waals surface area contributed by atoms with Gasteiger partial charge in [0.05, 0.1) is 28.1 Å². The lowest BCUT2D eigenvalue weighted by Gasteiger charge is -2.12. The number of hydrogen-bond donors (Lipinski definition) is 0. The first-order valence-electron chi connectivity index (χ1n) is 10.2. The van der Waals surface area contributed by atoms with Crippen LogP contribution >= 0.6 is 27.5 Å². The van der Waals surface area contributed by atoms with E-state index < -0.39 is 28.7 Å². The number of carbonyl (C=O) groups excluding carboxylic acids is 1. The summed E-state index contributed by atoms with van der Waals surface area (Å²) < 4.78 is 12.3. The van der Waals surface area contributed by atoms with Crippen molar-refractivity contribution >= 4 is 56.3 Å². The first kappa shape index (κ1) is 25.3. The van der Waals surface area contributed by atoms with Gasteiger partial charge in [0, 0.05) is 27.5 Å². The highest BCUT2D eigenvalue weighted by molar-refractivity contribution is 9.10. The van der Waals surface area contributed by atoms with Gasteiger partial charge in [-0.1, -0.05) is 34.5 Å². The van der Waals surface area contributed by atoms with Gasteiger partial charge in [0.2, 0.25) is 5.75 Å². The van der Waals surface area contributed by atoms with Crippen LogP contribution in [0.4, 0.5) is 5.69 Å². The van der Waals surface area contributed by atoms with E-state index in [9.17, 15) is 19.7 Å². The number of nitro groups is 1. The molecule has 10 nitrogen and oxygen atoms in total. The number of nitro benzene ring substituents is 1. The van der Waals surface area contributed by atoms with Crippen LogP contribution < -0.4 is 10.3 Å². The van der Waals surface area contributed by atoms with E-state index >= 15 is 0 Å². The van der Waals surface area contributed by atoms with Gasteiger partial charge in [-0.3, -0.25) is 14.9 Å². The molecule has 0 aliphatic heterocycles. The second-order valence-electron chi connectivity index (χ2n) is 7.33. The number of rotatable bonds is 8. The molecule has 0 atom stereocenters. The summed E-state index contributed by atoms with van der Waals surface area (Å²) in [5.41, 5.74) is -0.267. The van der Waals surface area contributed by atoms with Gasteiger partial charge < -0.3 is 9.47 Å². The standard InChI is InChI=1S/C22H20BrClN4O6/c1-4-19-26-17-6-5-14(23)8-16(17)22(30)27(19)25-10-13-7-15(24)9-18(28(31)32)21(13)33-11-20(29)34-12(2)3/h5-10,12H,4,11H2,1-3H3. The molecule has 0 aliphatic rings.